The molecular formula is C14H21N3O2. The largest absolute Gasteiger partial charge is 0.398 e. The molecule has 0 aliphatic carbocycles. The fourth-order valence-corrected chi connectivity index (χ4v) is 1.82. The molecule has 0 saturated heterocycles. The molecule has 0 aliphatic rings. The Kier molecular flexibility index (Phi) is 4.92. The van der Waals surface area contributed by atoms with Crippen molar-refractivity contribution in [1.29, 1.82) is 0 Å². The molecule has 0 saturated carbocycles. The van der Waals surface area contributed by atoms with E-state index in [0.29, 0.717) is 17.8 Å². The smallest absolute Gasteiger partial charge is 0.253 e. The van der Waals surface area contributed by atoms with Crippen LogP contribution in [0.25, 0.3) is 0 Å². The first-order valence-electron chi connectivity index (χ1n) is 6.20. The first kappa shape index (κ1) is 15.0. The Morgan fingerprint density at radius 2 is 2.05 bits per heavy atom. The van der Waals surface area contributed by atoms with Crippen molar-refractivity contribution in [2.75, 3.05) is 26.4 Å². The molecule has 1 atom stereocenters. The third-order valence-electron chi connectivity index (χ3n) is 3.11. The summed E-state index contributed by atoms with van der Waals surface area (Å²) < 4.78 is 0. The lowest BCUT2D eigenvalue weighted by atomic mass is 10.1. The Labute approximate surface area is 113 Å². The second-order valence-corrected chi connectivity index (χ2v) is 4.77. The van der Waals surface area contributed by atoms with E-state index in [9.17, 15) is 9.59 Å². The summed E-state index contributed by atoms with van der Waals surface area (Å²) in [6.07, 6.45) is 0. The van der Waals surface area contributed by atoms with Crippen molar-refractivity contribution >= 4 is 17.5 Å². The SMILES string of the molecule is CNC(=O)C(C)CN(C)C(=O)c1ccc(C)c(N)c1. The van der Waals surface area contributed by atoms with Gasteiger partial charge in [-0.2, -0.15) is 0 Å². The monoisotopic (exact) mass is 263 g/mol. The maximum atomic E-state index is 12.2. The molecule has 5 nitrogen and oxygen atoms in total. The number of nitrogens with one attached hydrogen (secondary N) is 1. The average Bonchev–Trinajstić information content (AvgIpc) is 2.39. The first-order valence-corrected chi connectivity index (χ1v) is 6.20. The van der Waals surface area contributed by atoms with Gasteiger partial charge in [-0.3, -0.25) is 9.59 Å². The number of rotatable bonds is 4. The van der Waals surface area contributed by atoms with Crippen molar-refractivity contribution in [3.05, 3.63) is 29.3 Å². The van der Waals surface area contributed by atoms with Gasteiger partial charge in [0.15, 0.2) is 0 Å². The zero-order valence-corrected chi connectivity index (χ0v) is 11.9. The summed E-state index contributed by atoms with van der Waals surface area (Å²) in [5.41, 5.74) is 7.87. The predicted octanol–water partition coefficient (Wildman–Crippen LogP) is 1.03. The van der Waals surface area contributed by atoms with Gasteiger partial charge >= 0.3 is 0 Å². The van der Waals surface area contributed by atoms with Crippen LogP contribution < -0.4 is 11.1 Å². The van der Waals surface area contributed by atoms with E-state index in [-0.39, 0.29) is 17.7 Å². The summed E-state index contributed by atoms with van der Waals surface area (Å²) in [5.74, 6) is -0.465. The minimum atomic E-state index is -0.248. The molecule has 1 rings (SSSR count). The Balaban J connectivity index is 2.76. The van der Waals surface area contributed by atoms with E-state index >= 15 is 0 Å². The summed E-state index contributed by atoms with van der Waals surface area (Å²) in [6, 6.07) is 5.23. The molecule has 104 valence electrons. The molecule has 0 bridgehead atoms. The number of nitrogens with zero attached hydrogens (tertiary/aromatic N) is 1. The first-order chi connectivity index (χ1) is 8.86. The minimum Gasteiger partial charge on any atom is -0.398 e. The predicted molar refractivity (Wildman–Crippen MR) is 75.8 cm³/mol. The number of nitrogens with two attached hydrogens (primary N) is 1. The molecular weight excluding hydrogens is 242 g/mol. The molecule has 0 fully saturated rings. The number of hydrogen-bond acceptors (Lipinski definition) is 3. The van der Waals surface area contributed by atoms with Crippen LogP contribution in [0.3, 0.4) is 0 Å². The van der Waals surface area contributed by atoms with E-state index in [0.717, 1.165) is 5.56 Å². The molecule has 0 aliphatic heterocycles. The van der Waals surface area contributed by atoms with Crippen molar-refractivity contribution in [2.24, 2.45) is 5.92 Å². The molecule has 0 heterocycles. The number of hydrogen-bond donors (Lipinski definition) is 2. The van der Waals surface area contributed by atoms with Crippen LogP contribution in [0, 0.1) is 12.8 Å². The van der Waals surface area contributed by atoms with Gasteiger partial charge in [0.25, 0.3) is 5.91 Å². The van der Waals surface area contributed by atoms with Gasteiger partial charge in [0, 0.05) is 31.9 Å². The molecule has 1 unspecified atom stereocenters. The fourth-order valence-electron chi connectivity index (χ4n) is 1.82. The lowest BCUT2D eigenvalue weighted by molar-refractivity contribution is -0.124. The van der Waals surface area contributed by atoms with E-state index in [4.69, 9.17) is 5.73 Å². The fraction of sp³-hybridized carbons (Fsp3) is 0.429. The van der Waals surface area contributed by atoms with Crippen LogP contribution in [0.2, 0.25) is 0 Å². The Bertz CT molecular complexity index is 486. The lowest BCUT2D eigenvalue weighted by Gasteiger charge is -2.21. The molecule has 3 N–H and O–H groups in total. The maximum absolute atomic E-state index is 12.2. The van der Waals surface area contributed by atoms with Crippen molar-refractivity contribution in [3.63, 3.8) is 0 Å². The van der Waals surface area contributed by atoms with Crippen LogP contribution in [0.15, 0.2) is 18.2 Å². The Morgan fingerprint density at radius 3 is 2.58 bits per heavy atom. The van der Waals surface area contributed by atoms with Crippen LogP contribution in [0.4, 0.5) is 5.69 Å². The van der Waals surface area contributed by atoms with Gasteiger partial charge in [0.2, 0.25) is 5.91 Å². The molecule has 1 aromatic rings. The van der Waals surface area contributed by atoms with Gasteiger partial charge in [-0.25, -0.2) is 0 Å². The van der Waals surface area contributed by atoms with Gasteiger partial charge in [-0.05, 0) is 24.6 Å². The van der Waals surface area contributed by atoms with Gasteiger partial charge in [-0.1, -0.05) is 13.0 Å². The highest BCUT2D eigenvalue weighted by molar-refractivity contribution is 5.95. The molecule has 1 aromatic carbocycles. The van der Waals surface area contributed by atoms with Crippen molar-refractivity contribution in [3.8, 4) is 0 Å². The summed E-state index contributed by atoms with van der Waals surface area (Å²) in [6.45, 7) is 4.04. The number of aryl methyl sites for hydroxylation is 1. The average molecular weight is 263 g/mol. The number of carbonyl (C=O) groups excluding carboxylic acids is 2. The van der Waals surface area contributed by atoms with Gasteiger partial charge in [0.05, 0.1) is 5.92 Å². The third-order valence-corrected chi connectivity index (χ3v) is 3.11. The summed E-state index contributed by atoms with van der Waals surface area (Å²) in [4.78, 5) is 25.2. The van der Waals surface area contributed by atoms with Crippen LogP contribution >= 0.6 is 0 Å². The van der Waals surface area contributed by atoms with Crippen LogP contribution in [-0.4, -0.2) is 37.4 Å². The Morgan fingerprint density at radius 1 is 1.42 bits per heavy atom. The number of amides is 2. The van der Waals surface area contributed by atoms with E-state index in [1.165, 1.54) is 4.90 Å². The van der Waals surface area contributed by atoms with Crippen LogP contribution in [0.5, 0.6) is 0 Å². The molecule has 2 amide bonds. The van der Waals surface area contributed by atoms with E-state index < -0.39 is 0 Å². The maximum Gasteiger partial charge on any atom is 0.253 e. The normalized spacial score (nSPS) is 11.8. The quantitative estimate of drug-likeness (QED) is 0.797. The summed E-state index contributed by atoms with van der Waals surface area (Å²) in [7, 11) is 3.26. The third kappa shape index (κ3) is 3.71. The molecule has 0 aromatic heterocycles. The van der Waals surface area contributed by atoms with Crippen LogP contribution in [-0.2, 0) is 4.79 Å². The molecule has 5 heteroatoms. The van der Waals surface area contributed by atoms with E-state index in [1.54, 1.807) is 33.2 Å². The number of anilines is 1. The second-order valence-electron chi connectivity index (χ2n) is 4.77. The Hall–Kier alpha value is -2.04. The highest BCUT2D eigenvalue weighted by Crippen LogP contribution is 2.14. The lowest BCUT2D eigenvalue weighted by Crippen LogP contribution is -2.37. The second kappa shape index (κ2) is 6.22. The highest BCUT2D eigenvalue weighted by atomic mass is 16.2. The highest BCUT2D eigenvalue weighted by Gasteiger charge is 2.18. The van der Waals surface area contributed by atoms with Crippen molar-refractivity contribution < 1.29 is 9.59 Å². The van der Waals surface area contributed by atoms with Crippen molar-refractivity contribution in [1.82, 2.24) is 10.2 Å². The standard InChI is InChI=1S/C14H21N3O2/c1-9-5-6-11(7-12(9)15)14(19)17(4)8-10(2)13(18)16-3/h5-7,10H,8,15H2,1-4H3,(H,16,18). The zero-order valence-electron chi connectivity index (χ0n) is 11.9. The molecule has 0 radical (unpaired) electrons. The van der Waals surface area contributed by atoms with Gasteiger partial charge < -0.3 is 16.0 Å². The van der Waals surface area contributed by atoms with Gasteiger partial charge in [-0.15, -0.1) is 0 Å². The minimum absolute atomic E-state index is 0.0805. The number of nitrogen functional groups attached to an aromatic ring is 1. The number of carbonyl (C=O) groups is 2. The van der Waals surface area contributed by atoms with Gasteiger partial charge in [0.1, 0.15) is 0 Å². The summed E-state index contributed by atoms with van der Waals surface area (Å²) >= 11 is 0. The summed E-state index contributed by atoms with van der Waals surface area (Å²) in [5, 5.41) is 2.57. The van der Waals surface area contributed by atoms with Crippen LogP contribution in [0.1, 0.15) is 22.8 Å². The molecule has 19 heavy (non-hydrogen) atoms. The topological polar surface area (TPSA) is 75.4 Å². The molecule has 0 spiro atoms. The van der Waals surface area contributed by atoms with Crippen molar-refractivity contribution in [2.45, 2.75) is 13.8 Å². The number of benzene rings is 1. The zero-order chi connectivity index (χ0) is 14.6. The van der Waals surface area contributed by atoms with E-state index in [1.807, 2.05) is 13.0 Å². The van der Waals surface area contributed by atoms with E-state index in [2.05, 4.69) is 5.32 Å².